The second kappa shape index (κ2) is 5.03. The lowest BCUT2D eigenvalue weighted by Gasteiger charge is -2.31. The first-order chi connectivity index (χ1) is 8.59. The Morgan fingerprint density at radius 2 is 2.28 bits per heavy atom. The van der Waals surface area contributed by atoms with E-state index in [0.29, 0.717) is 18.1 Å². The standard InChI is InChI=1S/C12H16N4O2/c1-9-10(4-2-5-11(9)16(17)18)8-14-12(13)15-6-3-7-15/h2,4-5H,3,6-8H2,1H3,(H2,13,14). The van der Waals surface area contributed by atoms with E-state index in [1.165, 1.54) is 6.07 Å². The van der Waals surface area contributed by atoms with Crippen LogP contribution in [0.1, 0.15) is 17.5 Å². The van der Waals surface area contributed by atoms with Crippen LogP contribution in [-0.4, -0.2) is 28.9 Å². The molecule has 18 heavy (non-hydrogen) atoms. The lowest BCUT2D eigenvalue weighted by molar-refractivity contribution is -0.385. The molecule has 1 aromatic rings. The van der Waals surface area contributed by atoms with Crippen LogP contribution < -0.4 is 5.73 Å². The Hall–Kier alpha value is -2.11. The van der Waals surface area contributed by atoms with Crippen LogP contribution in [0, 0.1) is 17.0 Å². The molecular formula is C12H16N4O2. The molecule has 1 aromatic carbocycles. The summed E-state index contributed by atoms with van der Waals surface area (Å²) >= 11 is 0. The van der Waals surface area contributed by atoms with Gasteiger partial charge in [-0.05, 0) is 18.9 Å². The number of hydrogen-bond acceptors (Lipinski definition) is 3. The lowest BCUT2D eigenvalue weighted by atomic mass is 10.1. The van der Waals surface area contributed by atoms with Crippen molar-refractivity contribution in [2.75, 3.05) is 13.1 Å². The minimum Gasteiger partial charge on any atom is -0.370 e. The third kappa shape index (κ3) is 2.42. The van der Waals surface area contributed by atoms with Gasteiger partial charge in [-0.1, -0.05) is 12.1 Å². The van der Waals surface area contributed by atoms with Crippen LogP contribution in [0.4, 0.5) is 5.69 Å². The van der Waals surface area contributed by atoms with Gasteiger partial charge in [0.2, 0.25) is 0 Å². The van der Waals surface area contributed by atoms with E-state index in [4.69, 9.17) is 5.73 Å². The number of nitrogens with two attached hydrogens (primary N) is 1. The number of hydrogen-bond donors (Lipinski definition) is 1. The molecule has 0 amide bonds. The average Bonchev–Trinajstić information content (AvgIpc) is 2.25. The van der Waals surface area contributed by atoms with E-state index in [2.05, 4.69) is 4.99 Å². The molecule has 0 aromatic heterocycles. The fraction of sp³-hybridized carbons (Fsp3) is 0.417. The van der Waals surface area contributed by atoms with Crippen molar-refractivity contribution in [1.29, 1.82) is 0 Å². The number of guanidine groups is 1. The topological polar surface area (TPSA) is 84.8 Å². The predicted octanol–water partition coefficient (Wildman–Crippen LogP) is 1.42. The summed E-state index contributed by atoms with van der Waals surface area (Å²) in [7, 11) is 0. The van der Waals surface area contributed by atoms with E-state index < -0.39 is 0 Å². The highest BCUT2D eigenvalue weighted by molar-refractivity contribution is 5.78. The molecular weight excluding hydrogens is 232 g/mol. The number of nitro groups is 1. The Kier molecular flexibility index (Phi) is 3.45. The van der Waals surface area contributed by atoms with Gasteiger partial charge < -0.3 is 10.6 Å². The molecule has 2 rings (SSSR count). The summed E-state index contributed by atoms with van der Waals surface area (Å²) in [6.45, 7) is 4.02. The molecule has 6 heteroatoms. The largest absolute Gasteiger partial charge is 0.370 e. The van der Waals surface area contributed by atoms with Crippen molar-refractivity contribution in [3.8, 4) is 0 Å². The summed E-state index contributed by atoms with van der Waals surface area (Å²) in [6, 6.07) is 5.02. The van der Waals surface area contributed by atoms with Gasteiger partial charge in [-0.3, -0.25) is 10.1 Å². The van der Waals surface area contributed by atoms with Crippen molar-refractivity contribution in [3.63, 3.8) is 0 Å². The van der Waals surface area contributed by atoms with Gasteiger partial charge in [-0.15, -0.1) is 0 Å². The third-order valence-corrected chi connectivity index (χ3v) is 3.21. The first kappa shape index (κ1) is 12.3. The van der Waals surface area contributed by atoms with E-state index in [0.717, 1.165) is 25.1 Å². The molecule has 1 fully saturated rings. The molecule has 1 aliphatic rings. The number of aliphatic imine (C=N–C) groups is 1. The number of benzene rings is 1. The fourth-order valence-electron chi connectivity index (χ4n) is 1.85. The average molecular weight is 248 g/mol. The summed E-state index contributed by atoms with van der Waals surface area (Å²) in [5.41, 5.74) is 7.44. The summed E-state index contributed by atoms with van der Waals surface area (Å²) in [5.74, 6) is 0.521. The highest BCUT2D eigenvalue weighted by Gasteiger charge is 2.16. The van der Waals surface area contributed by atoms with Crippen LogP contribution in [0.2, 0.25) is 0 Å². The van der Waals surface area contributed by atoms with Crippen molar-refractivity contribution < 1.29 is 4.92 Å². The first-order valence-electron chi connectivity index (χ1n) is 5.87. The lowest BCUT2D eigenvalue weighted by Crippen LogP contribution is -2.46. The Balaban J connectivity index is 2.14. The van der Waals surface area contributed by atoms with Crippen molar-refractivity contribution in [3.05, 3.63) is 39.4 Å². The van der Waals surface area contributed by atoms with Gasteiger partial charge in [0.15, 0.2) is 5.96 Å². The Morgan fingerprint density at radius 3 is 2.83 bits per heavy atom. The van der Waals surface area contributed by atoms with Crippen molar-refractivity contribution in [2.24, 2.45) is 10.7 Å². The van der Waals surface area contributed by atoms with Gasteiger partial charge >= 0.3 is 0 Å². The minimum atomic E-state index is -0.374. The Morgan fingerprint density at radius 1 is 1.56 bits per heavy atom. The number of likely N-dealkylation sites (tertiary alicyclic amines) is 1. The summed E-state index contributed by atoms with van der Waals surface area (Å²) < 4.78 is 0. The van der Waals surface area contributed by atoms with Gasteiger partial charge in [0.05, 0.1) is 11.5 Å². The highest BCUT2D eigenvalue weighted by atomic mass is 16.6. The van der Waals surface area contributed by atoms with Crippen LogP contribution >= 0.6 is 0 Å². The predicted molar refractivity (Wildman–Crippen MR) is 69.3 cm³/mol. The van der Waals surface area contributed by atoms with E-state index in [9.17, 15) is 10.1 Å². The van der Waals surface area contributed by atoms with Gasteiger partial charge in [-0.2, -0.15) is 0 Å². The van der Waals surface area contributed by atoms with Gasteiger partial charge in [0, 0.05) is 24.7 Å². The normalized spacial score (nSPS) is 15.4. The molecule has 2 N–H and O–H groups in total. The molecule has 0 atom stereocenters. The molecule has 0 aliphatic carbocycles. The summed E-state index contributed by atoms with van der Waals surface area (Å²) in [4.78, 5) is 16.7. The molecule has 0 bridgehead atoms. The van der Waals surface area contributed by atoms with Crippen LogP contribution in [0.3, 0.4) is 0 Å². The fourth-order valence-corrected chi connectivity index (χ4v) is 1.85. The zero-order chi connectivity index (χ0) is 13.1. The van der Waals surface area contributed by atoms with Gasteiger partial charge in [0.1, 0.15) is 0 Å². The number of nitro benzene ring substituents is 1. The van der Waals surface area contributed by atoms with Crippen LogP contribution in [0.25, 0.3) is 0 Å². The number of nitrogens with zero attached hydrogens (tertiary/aromatic N) is 3. The number of rotatable bonds is 3. The SMILES string of the molecule is Cc1c(CN=C(N)N2CCC2)cccc1[N+](=O)[O-]. The van der Waals surface area contributed by atoms with E-state index in [1.807, 2.05) is 11.0 Å². The maximum atomic E-state index is 10.8. The van der Waals surface area contributed by atoms with Gasteiger partial charge in [0.25, 0.3) is 5.69 Å². The first-order valence-corrected chi connectivity index (χ1v) is 5.87. The van der Waals surface area contributed by atoms with Crippen LogP contribution in [-0.2, 0) is 6.54 Å². The van der Waals surface area contributed by atoms with Crippen molar-refractivity contribution in [1.82, 2.24) is 4.90 Å². The minimum absolute atomic E-state index is 0.130. The smallest absolute Gasteiger partial charge is 0.272 e. The third-order valence-electron chi connectivity index (χ3n) is 3.21. The molecule has 6 nitrogen and oxygen atoms in total. The Labute approximate surface area is 105 Å². The van der Waals surface area contributed by atoms with Crippen molar-refractivity contribution in [2.45, 2.75) is 19.9 Å². The molecule has 1 aliphatic heterocycles. The molecule has 1 heterocycles. The van der Waals surface area contributed by atoms with E-state index in [-0.39, 0.29) is 10.6 Å². The van der Waals surface area contributed by atoms with Gasteiger partial charge in [-0.25, -0.2) is 4.99 Å². The van der Waals surface area contributed by atoms with E-state index >= 15 is 0 Å². The Bertz CT molecular complexity index is 495. The molecule has 0 radical (unpaired) electrons. The summed E-state index contributed by atoms with van der Waals surface area (Å²) in [6.07, 6.45) is 1.14. The van der Waals surface area contributed by atoms with Crippen LogP contribution in [0.5, 0.6) is 0 Å². The van der Waals surface area contributed by atoms with E-state index in [1.54, 1.807) is 13.0 Å². The zero-order valence-corrected chi connectivity index (χ0v) is 10.3. The van der Waals surface area contributed by atoms with Crippen molar-refractivity contribution >= 4 is 11.6 Å². The summed E-state index contributed by atoms with van der Waals surface area (Å²) in [5, 5.41) is 10.8. The molecule has 0 saturated carbocycles. The molecule has 1 saturated heterocycles. The molecule has 96 valence electrons. The maximum Gasteiger partial charge on any atom is 0.272 e. The zero-order valence-electron chi connectivity index (χ0n) is 10.3. The quantitative estimate of drug-likeness (QED) is 0.379. The molecule has 0 spiro atoms. The van der Waals surface area contributed by atoms with Crippen LogP contribution in [0.15, 0.2) is 23.2 Å². The second-order valence-corrected chi connectivity index (χ2v) is 4.33. The highest BCUT2D eigenvalue weighted by Crippen LogP contribution is 2.21. The monoisotopic (exact) mass is 248 g/mol. The maximum absolute atomic E-state index is 10.8. The second-order valence-electron chi connectivity index (χ2n) is 4.33. The molecule has 0 unspecified atom stereocenters.